The number of hydrogen-bond donors (Lipinski definition) is 1. The molecule has 0 aliphatic rings. The average molecular weight is 182 g/mol. The first-order chi connectivity index (χ1) is 5.82. The summed E-state index contributed by atoms with van der Waals surface area (Å²) in [4.78, 5) is 0. The van der Waals surface area contributed by atoms with Crippen molar-refractivity contribution in [3.8, 4) is 5.75 Å². The van der Waals surface area contributed by atoms with E-state index in [4.69, 9.17) is 0 Å². The fourth-order valence-corrected chi connectivity index (χ4v) is 1.25. The average Bonchev–Trinajstić information content (AvgIpc) is 1.94. The highest BCUT2D eigenvalue weighted by Gasteiger charge is 2.19. The van der Waals surface area contributed by atoms with Crippen LogP contribution in [0.4, 0.5) is 4.39 Å². The first-order valence-corrected chi connectivity index (χ1v) is 4.32. The lowest BCUT2D eigenvalue weighted by atomic mass is 9.85. The van der Waals surface area contributed by atoms with E-state index >= 15 is 0 Å². The van der Waals surface area contributed by atoms with E-state index in [1.165, 1.54) is 6.07 Å². The first-order valence-electron chi connectivity index (χ1n) is 4.32. The van der Waals surface area contributed by atoms with Gasteiger partial charge in [-0.2, -0.15) is 0 Å². The molecule has 1 aromatic carbocycles. The van der Waals surface area contributed by atoms with Gasteiger partial charge in [-0.1, -0.05) is 20.8 Å². The highest BCUT2D eigenvalue weighted by molar-refractivity contribution is 5.38. The Morgan fingerprint density at radius 1 is 1.23 bits per heavy atom. The van der Waals surface area contributed by atoms with Crippen LogP contribution in [-0.4, -0.2) is 5.11 Å². The summed E-state index contributed by atoms with van der Waals surface area (Å²) in [5.41, 5.74) is 1.14. The molecule has 0 aromatic heterocycles. The molecule has 1 N–H and O–H groups in total. The van der Waals surface area contributed by atoms with Crippen molar-refractivity contribution >= 4 is 0 Å². The number of phenolic OH excluding ortho intramolecular Hbond substituents is 1. The van der Waals surface area contributed by atoms with Gasteiger partial charge in [0.1, 0.15) is 11.6 Å². The molecule has 0 saturated heterocycles. The Hall–Kier alpha value is -1.05. The lowest BCUT2D eigenvalue weighted by Gasteiger charge is -2.20. The van der Waals surface area contributed by atoms with Gasteiger partial charge in [-0.3, -0.25) is 0 Å². The van der Waals surface area contributed by atoms with Crippen molar-refractivity contribution in [2.24, 2.45) is 0 Å². The van der Waals surface area contributed by atoms with E-state index in [0.717, 1.165) is 0 Å². The molecule has 1 rings (SSSR count). The summed E-state index contributed by atoms with van der Waals surface area (Å²) >= 11 is 0. The normalized spacial score (nSPS) is 11.8. The maximum absolute atomic E-state index is 13.4. The van der Waals surface area contributed by atoms with E-state index < -0.39 is 0 Å². The lowest BCUT2D eigenvalue weighted by Crippen LogP contribution is -2.13. The second kappa shape index (κ2) is 3.02. The van der Waals surface area contributed by atoms with E-state index in [2.05, 4.69) is 0 Å². The molecule has 13 heavy (non-hydrogen) atoms. The van der Waals surface area contributed by atoms with Gasteiger partial charge in [-0.25, -0.2) is 4.39 Å². The van der Waals surface area contributed by atoms with Crippen LogP contribution in [0.1, 0.15) is 31.9 Å². The van der Waals surface area contributed by atoms with Crippen LogP contribution < -0.4 is 0 Å². The van der Waals surface area contributed by atoms with E-state index in [-0.39, 0.29) is 17.0 Å². The van der Waals surface area contributed by atoms with Crippen molar-refractivity contribution in [1.82, 2.24) is 0 Å². The van der Waals surface area contributed by atoms with Gasteiger partial charge in [0.25, 0.3) is 0 Å². The van der Waals surface area contributed by atoms with Crippen LogP contribution in [0.2, 0.25) is 0 Å². The van der Waals surface area contributed by atoms with Gasteiger partial charge in [0, 0.05) is 6.07 Å². The Labute approximate surface area is 78.2 Å². The smallest absolute Gasteiger partial charge is 0.130 e. The zero-order valence-corrected chi connectivity index (χ0v) is 8.48. The van der Waals surface area contributed by atoms with Crippen molar-refractivity contribution in [2.75, 3.05) is 0 Å². The minimum Gasteiger partial charge on any atom is -0.508 e. The van der Waals surface area contributed by atoms with Crippen LogP contribution in [0.3, 0.4) is 0 Å². The van der Waals surface area contributed by atoms with Gasteiger partial charge in [-0.05, 0) is 29.5 Å². The monoisotopic (exact) mass is 182 g/mol. The van der Waals surface area contributed by atoms with Crippen molar-refractivity contribution in [3.63, 3.8) is 0 Å². The molecular weight excluding hydrogens is 167 g/mol. The third-order valence-corrected chi connectivity index (χ3v) is 2.09. The van der Waals surface area contributed by atoms with Gasteiger partial charge < -0.3 is 5.11 Å². The molecule has 0 radical (unpaired) electrons. The predicted molar refractivity (Wildman–Crippen MR) is 51.5 cm³/mol. The van der Waals surface area contributed by atoms with Gasteiger partial charge in [-0.15, -0.1) is 0 Å². The number of rotatable bonds is 0. The number of halogens is 1. The molecule has 1 nitrogen and oxygen atoms in total. The number of aryl methyl sites for hydroxylation is 1. The number of hydrogen-bond acceptors (Lipinski definition) is 1. The summed E-state index contributed by atoms with van der Waals surface area (Å²) in [6.45, 7) is 7.61. The third kappa shape index (κ3) is 2.00. The summed E-state index contributed by atoms with van der Waals surface area (Å²) in [5.74, 6) is -0.318. The summed E-state index contributed by atoms with van der Waals surface area (Å²) in [6.07, 6.45) is 0. The van der Waals surface area contributed by atoms with Crippen molar-refractivity contribution in [1.29, 1.82) is 0 Å². The molecule has 0 aliphatic heterocycles. The van der Waals surface area contributed by atoms with Gasteiger partial charge >= 0.3 is 0 Å². The Kier molecular flexibility index (Phi) is 2.33. The Morgan fingerprint density at radius 2 is 1.77 bits per heavy atom. The quantitative estimate of drug-likeness (QED) is 0.653. The van der Waals surface area contributed by atoms with Crippen molar-refractivity contribution in [2.45, 2.75) is 33.1 Å². The van der Waals surface area contributed by atoms with E-state index in [0.29, 0.717) is 11.1 Å². The molecule has 0 bridgehead atoms. The number of aromatic hydroxyl groups is 1. The Bertz CT molecular complexity index is 324. The molecule has 0 unspecified atom stereocenters. The highest BCUT2D eigenvalue weighted by atomic mass is 19.1. The van der Waals surface area contributed by atoms with Crippen LogP contribution in [-0.2, 0) is 5.41 Å². The summed E-state index contributed by atoms with van der Waals surface area (Å²) < 4.78 is 13.4. The second-order valence-electron chi connectivity index (χ2n) is 4.37. The largest absolute Gasteiger partial charge is 0.508 e. The van der Waals surface area contributed by atoms with Crippen LogP contribution in [0, 0.1) is 12.7 Å². The summed E-state index contributed by atoms with van der Waals surface area (Å²) in [7, 11) is 0. The summed E-state index contributed by atoms with van der Waals surface area (Å²) in [6, 6.07) is 2.88. The molecule has 2 heteroatoms. The van der Waals surface area contributed by atoms with E-state index in [1.807, 2.05) is 20.8 Å². The molecule has 72 valence electrons. The molecule has 0 fully saturated rings. The summed E-state index contributed by atoms with van der Waals surface area (Å²) in [5, 5.41) is 9.25. The van der Waals surface area contributed by atoms with Gasteiger partial charge in [0.15, 0.2) is 0 Å². The fourth-order valence-electron chi connectivity index (χ4n) is 1.25. The molecule has 0 atom stereocenters. The molecule has 0 aliphatic carbocycles. The van der Waals surface area contributed by atoms with Crippen LogP contribution >= 0.6 is 0 Å². The predicted octanol–water partition coefficient (Wildman–Crippen LogP) is 3.14. The van der Waals surface area contributed by atoms with E-state index in [1.54, 1.807) is 13.0 Å². The molecule has 0 spiro atoms. The standard InChI is InChI=1S/C11H15FO/c1-7-5-8(11(2,3)4)9(12)6-10(7)13/h5-6,13H,1-4H3. The van der Waals surface area contributed by atoms with Crippen LogP contribution in [0.15, 0.2) is 12.1 Å². The van der Waals surface area contributed by atoms with E-state index in [9.17, 15) is 9.50 Å². The third-order valence-electron chi connectivity index (χ3n) is 2.09. The van der Waals surface area contributed by atoms with Crippen molar-refractivity contribution < 1.29 is 9.50 Å². The number of phenols is 1. The maximum Gasteiger partial charge on any atom is 0.130 e. The van der Waals surface area contributed by atoms with Crippen LogP contribution in [0.5, 0.6) is 5.75 Å². The van der Waals surface area contributed by atoms with Crippen molar-refractivity contribution in [3.05, 3.63) is 29.1 Å². The minimum absolute atomic E-state index is 0.0190. The lowest BCUT2D eigenvalue weighted by molar-refractivity contribution is 0.457. The minimum atomic E-state index is -0.337. The number of benzene rings is 1. The first kappa shape index (κ1) is 10.0. The zero-order chi connectivity index (χ0) is 10.2. The van der Waals surface area contributed by atoms with Crippen LogP contribution in [0.25, 0.3) is 0 Å². The molecule has 0 amide bonds. The Balaban J connectivity index is 3.32. The Morgan fingerprint density at radius 3 is 2.23 bits per heavy atom. The fraction of sp³-hybridized carbons (Fsp3) is 0.455. The van der Waals surface area contributed by atoms with Gasteiger partial charge in [0.2, 0.25) is 0 Å². The molecule has 0 heterocycles. The molecule has 1 aromatic rings. The zero-order valence-electron chi connectivity index (χ0n) is 8.48. The van der Waals surface area contributed by atoms with Gasteiger partial charge in [0.05, 0.1) is 0 Å². The molecule has 0 saturated carbocycles. The maximum atomic E-state index is 13.4. The second-order valence-corrected chi connectivity index (χ2v) is 4.37. The topological polar surface area (TPSA) is 20.2 Å². The highest BCUT2D eigenvalue weighted by Crippen LogP contribution is 2.29. The SMILES string of the molecule is Cc1cc(C(C)(C)C)c(F)cc1O. The molecular formula is C11H15FO.